The minimum absolute atomic E-state index is 0.596. The van der Waals surface area contributed by atoms with E-state index in [0.29, 0.717) is 11.8 Å². The average Bonchev–Trinajstić information content (AvgIpc) is 3.10. The molecule has 1 saturated heterocycles. The van der Waals surface area contributed by atoms with Gasteiger partial charge in [0.25, 0.3) is 0 Å². The van der Waals surface area contributed by atoms with Gasteiger partial charge in [0.05, 0.1) is 6.61 Å². The molecule has 3 rings (SSSR count). The van der Waals surface area contributed by atoms with Crippen molar-refractivity contribution >= 4 is 21.7 Å². The zero-order valence-corrected chi connectivity index (χ0v) is 12.2. The van der Waals surface area contributed by atoms with Crippen LogP contribution in [-0.4, -0.2) is 36.8 Å². The van der Waals surface area contributed by atoms with Gasteiger partial charge < -0.3 is 9.64 Å². The van der Waals surface area contributed by atoms with Crippen molar-refractivity contribution in [3.63, 3.8) is 0 Å². The molecule has 0 bridgehead atoms. The van der Waals surface area contributed by atoms with Crippen molar-refractivity contribution in [1.82, 2.24) is 9.97 Å². The number of hydrogen-bond donors (Lipinski definition) is 0. The molecule has 0 amide bonds. The first-order valence-corrected chi connectivity index (χ1v) is 7.34. The molecule has 0 radical (unpaired) electrons. The van der Waals surface area contributed by atoms with Crippen LogP contribution in [0.25, 0.3) is 0 Å². The Labute approximate surface area is 116 Å². The van der Waals surface area contributed by atoms with E-state index in [0.717, 1.165) is 35.9 Å². The van der Waals surface area contributed by atoms with Crippen molar-refractivity contribution in [2.45, 2.75) is 25.2 Å². The van der Waals surface area contributed by atoms with E-state index in [4.69, 9.17) is 9.72 Å². The zero-order chi connectivity index (χ0) is 12.5. The summed E-state index contributed by atoms with van der Waals surface area (Å²) < 4.78 is 6.14. The third-order valence-electron chi connectivity index (χ3n) is 3.65. The molecule has 2 aliphatic rings. The van der Waals surface area contributed by atoms with E-state index >= 15 is 0 Å². The van der Waals surface area contributed by atoms with Gasteiger partial charge in [0.2, 0.25) is 0 Å². The standard InChI is InChI=1S/C13H18BrN3O/c1-18-8-9-4-5-17(7-9)12-6-11(14)15-13(16-12)10-2-3-10/h6,9-10H,2-5,7-8H2,1H3. The molecule has 1 aromatic heterocycles. The molecule has 18 heavy (non-hydrogen) atoms. The number of rotatable bonds is 4. The predicted octanol–water partition coefficient (Wildman–Crippen LogP) is 2.59. The van der Waals surface area contributed by atoms with E-state index < -0.39 is 0 Å². The van der Waals surface area contributed by atoms with Gasteiger partial charge in [-0.05, 0) is 35.2 Å². The first-order valence-electron chi connectivity index (χ1n) is 6.54. The SMILES string of the molecule is COCC1CCN(c2cc(Br)nc(C3CC3)n2)C1. The Morgan fingerprint density at radius 3 is 2.94 bits per heavy atom. The molecule has 98 valence electrons. The third-order valence-corrected chi connectivity index (χ3v) is 4.06. The molecule has 0 spiro atoms. The van der Waals surface area contributed by atoms with E-state index in [9.17, 15) is 0 Å². The number of ether oxygens (including phenoxy) is 1. The van der Waals surface area contributed by atoms with Gasteiger partial charge in [-0.3, -0.25) is 0 Å². The lowest BCUT2D eigenvalue weighted by atomic mass is 10.1. The molecule has 5 heteroatoms. The first-order chi connectivity index (χ1) is 8.76. The summed E-state index contributed by atoms with van der Waals surface area (Å²) in [7, 11) is 1.77. The molecule has 0 N–H and O–H groups in total. The van der Waals surface area contributed by atoms with Crippen LogP contribution in [0.15, 0.2) is 10.7 Å². The normalized spacial score (nSPS) is 23.7. The van der Waals surface area contributed by atoms with Crippen molar-refractivity contribution in [2.75, 3.05) is 31.7 Å². The highest BCUT2D eigenvalue weighted by atomic mass is 79.9. The summed E-state index contributed by atoms with van der Waals surface area (Å²) >= 11 is 3.50. The predicted molar refractivity (Wildman–Crippen MR) is 73.9 cm³/mol. The van der Waals surface area contributed by atoms with E-state index in [1.165, 1.54) is 19.3 Å². The lowest BCUT2D eigenvalue weighted by Crippen LogP contribution is -2.22. The largest absolute Gasteiger partial charge is 0.384 e. The molecule has 1 unspecified atom stereocenters. The topological polar surface area (TPSA) is 38.2 Å². The van der Waals surface area contributed by atoms with Crippen molar-refractivity contribution in [3.05, 3.63) is 16.5 Å². The molecule has 0 aromatic carbocycles. The highest BCUT2D eigenvalue weighted by Crippen LogP contribution is 2.39. The molecule has 1 saturated carbocycles. The summed E-state index contributed by atoms with van der Waals surface area (Å²) in [5, 5.41) is 0. The number of anilines is 1. The second kappa shape index (κ2) is 5.13. The minimum Gasteiger partial charge on any atom is -0.384 e. The molecular formula is C13H18BrN3O. The maximum atomic E-state index is 5.24. The number of hydrogen-bond acceptors (Lipinski definition) is 4. The van der Waals surface area contributed by atoms with Crippen LogP contribution < -0.4 is 4.90 Å². The second-order valence-electron chi connectivity index (χ2n) is 5.24. The molecule has 2 fully saturated rings. The van der Waals surface area contributed by atoms with E-state index in [-0.39, 0.29) is 0 Å². The number of halogens is 1. The highest BCUT2D eigenvalue weighted by molar-refractivity contribution is 9.10. The molecule has 2 heterocycles. The Morgan fingerprint density at radius 1 is 1.39 bits per heavy atom. The summed E-state index contributed by atoms with van der Waals surface area (Å²) in [5.41, 5.74) is 0. The van der Waals surface area contributed by atoms with E-state index in [2.05, 4.69) is 25.8 Å². The second-order valence-corrected chi connectivity index (χ2v) is 6.05. The van der Waals surface area contributed by atoms with Crippen molar-refractivity contribution < 1.29 is 4.74 Å². The molecule has 1 aromatic rings. The Balaban J connectivity index is 1.75. The summed E-state index contributed by atoms with van der Waals surface area (Å²) in [6, 6.07) is 2.03. The highest BCUT2D eigenvalue weighted by Gasteiger charge is 2.29. The van der Waals surface area contributed by atoms with Gasteiger partial charge in [-0.2, -0.15) is 0 Å². The van der Waals surface area contributed by atoms with Crippen LogP contribution in [0.4, 0.5) is 5.82 Å². The first kappa shape index (κ1) is 12.4. The van der Waals surface area contributed by atoms with Crippen molar-refractivity contribution in [3.8, 4) is 0 Å². The summed E-state index contributed by atoms with van der Waals surface area (Å²) in [6.45, 7) is 2.96. The van der Waals surface area contributed by atoms with Gasteiger partial charge >= 0.3 is 0 Å². The maximum absolute atomic E-state index is 5.24. The van der Waals surface area contributed by atoms with Crippen LogP contribution >= 0.6 is 15.9 Å². The van der Waals surface area contributed by atoms with Gasteiger partial charge in [0.15, 0.2) is 0 Å². The van der Waals surface area contributed by atoms with Crippen LogP contribution in [0.2, 0.25) is 0 Å². The average molecular weight is 312 g/mol. The van der Waals surface area contributed by atoms with Crippen molar-refractivity contribution in [2.24, 2.45) is 5.92 Å². The summed E-state index contributed by atoms with van der Waals surface area (Å²) in [5.74, 6) is 3.30. The molecular weight excluding hydrogens is 294 g/mol. The monoisotopic (exact) mass is 311 g/mol. The molecule has 1 atom stereocenters. The van der Waals surface area contributed by atoms with Crippen LogP contribution in [0.3, 0.4) is 0 Å². The van der Waals surface area contributed by atoms with Gasteiger partial charge in [-0.15, -0.1) is 0 Å². The Bertz CT molecular complexity index is 436. The molecule has 1 aliphatic carbocycles. The smallest absolute Gasteiger partial charge is 0.135 e. The minimum atomic E-state index is 0.596. The van der Waals surface area contributed by atoms with E-state index in [1.54, 1.807) is 7.11 Å². The van der Waals surface area contributed by atoms with Gasteiger partial charge in [-0.25, -0.2) is 9.97 Å². The van der Waals surface area contributed by atoms with Crippen LogP contribution in [-0.2, 0) is 4.74 Å². The number of nitrogens with zero attached hydrogens (tertiary/aromatic N) is 3. The van der Waals surface area contributed by atoms with Gasteiger partial charge in [0, 0.05) is 38.1 Å². The lowest BCUT2D eigenvalue weighted by Gasteiger charge is -2.18. The fraction of sp³-hybridized carbons (Fsp3) is 0.692. The zero-order valence-electron chi connectivity index (χ0n) is 10.6. The number of aromatic nitrogens is 2. The third kappa shape index (κ3) is 2.67. The summed E-state index contributed by atoms with van der Waals surface area (Å²) in [4.78, 5) is 11.5. The summed E-state index contributed by atoms with van der Waals surface area (Å²) in [6.07, 6.45) is 3.67. The Hall–Kier alpha value is -0.680. The van der Waals surface area contributed by atoms with Crippen LogP contribution in [0.5, 0.6) is 0 Å². The van der Waals surface area contributed by atoms with Gasteiger partial charge in [0.1, 0.15) is 16.2 Å². The molecule has 1 aliphatic heterocycles. The lowest BCUT2D eigenvalue weighted by molar-refractivity contribution is 0.161. The van der Waals surface area contributed by atoms with Crippen molar-refractivity contribution in [1.29, 1.82) is 0 Å². The quantitative estimate of drug-likeness (QED) is 0.801. The van der Waals surface area contributed by atoms with Crippen LogP contribution in [0, 0.1) is 5.92 Å². The maximum Gasteiger partial charge on any atom is 0.135 e. The number of methoxy groups -OCH3 is 1. The Morgan fingerprint density at radius 2 is 2.22 bits per heavy atom. The van der Waals surface area contributed by atoms with Gasteiger partial charge in [-0.1, -0.05) is 0 Å². The van der Waals surface area contributed by atoms with Crippen LogP contribution in [0.1, 0.15) is 31.0 Å². The fourth-order valence-electron chi connectivity index (χ4n) is 2.52. The fourth-order valence-corrected chi connectivity index (χ4v) is 2.91. The molecule has 4 nitrogen and oxygen atoms in total. The van der Waals surface area contributed by atoms with E-state index in [1.807, 2.05) is 6.07 Å². The Kier molecular flexibility index (Phi) is 3.52.